The molecule has 0 saturated carbocycles. The van der Waals surface area contributed by atoms with Crippen molar-refractivity contribution in [2.45, 2.75) is 32.9 Å². The molecule has 2 amide bonds. The summed E-state index contributed by atoms with van der Waals surface area (Å²) in [6.07, 6.45) is 0. The number of ether oxygens (including phenoxy) is 1. The first kappa shape index (κ1) is 21.6. The highest BCUT2D eigenvalue weighted by Crippen LogP contribution is 2.20. The summed E-state index contributed by atoms with van der Waals surface area (Å²) in [5.41, 5.74) is 0.769. The second kappa shape index (κ2) is 9.17. The fourth-order valence-corrected chi connectivity index (χ4v) is 2.98. The highest BCUT2D eigenvalue weighted by atomic mass is 79.9. The van der Waals surface area contributed by atoms with Gasteiger partial charge in [-0.05, 0) is 75.4 Å². The number of amides is 2. The summed E-state index contributed by atoms with van der Waals surface area (Å²) in [5, 5.41) is 5.65. The van der Waals surface area contributed by atoms with Crippen molar-refractivity contribution in [1.29, 1.82) is 0 Å². The maximum atomic E-state index is 12.4. The smallest absolute Gasteiger partial charge is 0.291 e. The molecule has 7 heteroatoms. The zero-order valence-corrected chi connectivity index (χ0v) is 18.6. The fourth-order valence-electron chi connectivity index (χ4n) is 2.60. The van der Waals surface area contributed by atoms with Crippen LogP contribution in [0, 0.1) is 0 Å². The predicted molar refractivity (Wildman–Crippen MR) is 119 cm³/mol. The summed E-state index contributed by atoms with van der Waals surface area (Å²) in [4.78, 5) is 24.6. The first-order valence-electron chi connectivity index (χ1n) is 9.41. The van der Waals surface area contributed by atoms with Gasteiger partial charge < -0.3 is 19.8 Å². The lowest BCUT2D eigenvalue weighted by Crippen LogP contribution is -2.40. The van der Waals surface area contributed by atoms with Crippen molar-refractivity contribution < 1.29 is 18.7 Å². The molecule has 0 aliphatic heterocycles. The van der Waals surface area contributed by atoms with E-state index in [1.54, 1.807) is 36.4 Å². The molecular weight excluding hydrogens is 448 g/mol. The van der Waals surface area contributed by atoms with Crippen LogP contribution in [0.2, 0.25) is 0 Å². The number of benzene rings is 2. The van der Waals surface area contributed by atoms with Crippen LogP contribution >= 0.6 is 15.9 Å². The number of halogens is 1. The molecule has 0 unspecified atom stereocenters. The summed E-state index contributed by atoms with van der Waals surface area (Å²) in [6.45, 7) is 5.96. The molecule has 3 rings (SSSR count). The lowest BCUT2D eigenvalue weighted by Gasteiger charge is -2.20. The number of rotatable bonds is 6. The quantitative estimate of drug-likeness (QED) is 0.505. The molecule has 0 spiro atoms. The van der Waals surface area contributed by atoms with Gasteiger partial charge in [0.15, 0.2) is 5.76 Å². The van der Waals surface area contributed by atoms with Gasteiger partial charge in [0.1, 0.15) is 18.1 Å². The van der Waals surface area contributed by atoms with Gasteiger partial charge in [0.25, 0.3) is 11.8 Å². The zero-order chi connectivity index (χ0) is 21.7. The van der Waals surface area contributed by atoms with E-state index < -0.39 is 0 Å². The van der Waals surface area contributed by atoms with Gasteiger partial charge in [0, 0.05) is 21.3 Å². The Morgan fingerprint density at radius 1 is 1.00 bits per heavy atom. The highest BCUT2D eigenvalue weighted by Gasteiger charge is 2.16. The van der Waals surface area contributed by atoms with Gasteiger partial charge in [-0.3, -0.25) is 9.59 Å². The molecule has 0 radical (unpaired) electrons. The van der Waals surface area contributed by atoms with E-state index in [1.807, 2.05) is 45.0 Å². The topological polar surface area (TPSA) is 80.6 Å². The van der Waals surface area contributed by atoms with Crippen LogP contribution in [0.4, 0.5) is 5.69 Å². The Kier molecular flexibility index (Phi) is 6.62. The summed E-state index contributed by atoms with van der Waals surface area (Å²) in [7, 11) is 0. The summed E-state index contributed by atoms with van der Waals surface area (Å²) in [5.74, 6) is 0.867. The molecule has 3 aromatic rings. The standard InChI is InChI=1S/C23H23BrN2O4/c1-23(2,3)26-21(27)15-7-9-17(10-8-15)25-22(28)20-12-11-19(30-20)14-29-18-6-4-5-16(24)13-18/h4-13H,14H2,1-3H3,(H,25,28)(H,26,27). The SMILES string of the molecule is CC(C)(C)NC(=O)c1ccc(NC(=O)c2ccc(COc3cccc(Br)c3)o2)cc1. The van der Waals surface area contributed by atoms with Crippen LogP contribution in [0.3, 0.4) is 0 Å². The van der Waals surface area contributed by atoms with Gasteiger partial charge in [-0.25, -0.2) is 0 Å². The van der Waals surface area contributed by atoms with Crippen molar-refractivity contribution in [1.82, 2.24) is 5.32 Å². The molecule has 1 aromatic heterocycles. The molecule has 0 saturated heterocycles. The van der Waals surface area contributed by atoms with Crippen molar-refractivity contribution in [2.24, 2.45) is 0 Å². The molecular formula is C23H23BrN2O4. The second-order valence-electron chi connectivity index (χ2n) is 7.75. The van der Waals surface area contributed by atoms with Crippen LogP contribution in [-0.4, -0.2) is 17.4 Å². The third kappa shape index (κ3) is 6.22. The average molecular weight is 471 g/mol. The van der Waals surface area contributed by atoms with Gasteiger partial charge in [-0.2, -0.15) is 0 Å². The third-order valence-corrected chi connectivity index (χ3v) is 4.45. The van der Waals surface area contributed by atoms with Crippen LogP contribution in [0.1, 0.15) is 47.4 Å². The Labute approximate surface area is 183 Å². The number of carbonyl (C=O) groups is 2. The van der Waals surface area contributed by atoms with Crippen molar-refractivity contribution in [2.75, 3.05) is 5.32 Å². The lowest BCUT2D eigenvalue weighted by atomic mass is 10.1. The van der Waals surface area contributed by atoms with E-state index in [4.69, 9.17) is 9.15 Å². The predicted octanol–water partition coefficient (Wildman–Crippen LogP) is 5.40. The number of carbonyl (C=O) groups excluding carboxylic acids is 2. The minimum atomic E-state index is -0.379. The van der Waals surface area contributed by atoms with Crippen LogP contribution in [0.25, 0.3) is 0 Å². The van der Waals surface area contributed by atoms with Crippen molar-refractivity contribution in [3.8, 4) is 5.75 Å². The first-order valence-corrected chi connectivity index (χ1v) is 10.2. The monoisotopic (exact) mass is 470 g/mol. The van der Waals surface area contributed by atoms with Crippen LogP contribution < -0.4 is 15.4 Å². The molecule has 2 aromatic carbocycles. The van der Waals surface area contributed by atoms with E-state index in [1.165, 1.54) is 0 Å². The number of hydrogen-bond donors (Lipinski definition) is 2. The van der Waals surface area contributed by atoms with Crippen molar-refractivity contribution in [3.05, 3.63) is 82.2 Å². The van der Waals surface area contributed by atoms with Gasteiger partial charge in [-0.1, -0.05) is 22.0 Å². The molecule has 0 aliphatic rings. The third-order valence-electron chi connectivity index (χ3n) is 3.96. The minimum absolute atomic E-state index is 0.165. The number of hydrogen-bond acceptors (Lipinski definition) is 4. The number of anilines is 1. The van der Waals surface area contributed by atoms with Crippen LogP contribution in [-0.2, 0) is 6.61 Å². The fraction of sp³-hybridized carbons (Fsp3) is 0.217. The molecule has 6 nitrogen and oxygen atoms in total. The first-order chi connectivity index (χ1) is 14.2. The van der Waals surface area contributed by atoms with Gasteiger partial charge >= 0.3 is 0 Å². The van der Waals surface area contributed by atoms with E-state index in [2.05, 4.69) is 26.6 Å². The summed E-state index contributed by atoms with van der Waals surface area (Å²) >= 11 is 3.39. The molecule has 0 fully saturated rings. The highest BCUT2D eigenvalue weighted by molar-refractivity contribution is 9.10. The van der Waals surface area contributed by atoms with E-state index in [0.29, 0.717) is 22.8 Å². The minimum Gasteiger partial charge on any atom is -0.486 e. The maximum Gasteiger partial charge on any atom is 0.291 e. The molecule has 30 heavy (non-hydrogen) atoms. The van der Waals surface area contributed by atoms with Gasteiger partial charge in [-0.15, -0.1) is 0 Å². The molecule has 0 atom stereocenters. The Bertz CT molecular complexity index is 1040. The van der Waals surface area contributed by atoms with Crippen LogP contribution in [0.5, 0.6) is 5.75 Å². The second-order valence-corrected chi connectivity index (χ2v) is 8.66. The van der Waals surface area contributed by atoms with E-state index in [-0.39, 0.29) is 29.7 Å². The van der Waals surface area contributed by atoms with Crippen molar-refractivity contribution >= 4 is 33.4 Å². The summed E-state index contributed by atoms with van der Waals surface area (Å²) in [6, 6.07) is 17.4. The lowest BCUT2D eigenvalue weighted by molar-refractivity contribution is 0.0919. The Morgan fingerprint density at radius 2 is 1.73 bits per heavy atom. The van der Waals surface area contributed by atoms with E-state index in [0.717, 1.165) is 4.47 Å². The molecule has 1 heterocycles. The largest absolute Gasteiger partial charge is 0.486 e. The van der Waals surface area contributed by atoms with Crippen LogP contribution in [0.15, 0.2) is 69.6 Å². The van der Waals surface area contributed by atoms with Crippen molar-refractivity contribution in [3.63, 3.8) is 0 Å². The van der Waals surface area contributed by atoms with Gasteiger partial charge in [0.05, 0.1) is 0 Å². The average Bonchev–Trinajstić information content (AvgIpc) is 3.15. The Balaban J connectivity index is 1.56. The maximum absolute atomic E-state index is 12.4. The van der Waals surface area contributed by atoms with Gasteiger partial charge in [0.2, 0.25) is 0 Å². The normalized spacial score (nSPS) is 11.1. The Hall–Kier alpha value is -3.06. The molecule has 156 valence electrons. The molecule has 0 aliphatic carbocycles. The Morgan fingerprint density at radius 3 is 2.40 bits per heavy atom. The number of nitrogens with one attached hydrogen (secondary N) is 2. The van der Waals surface area contributed by atoms with E-state index >= 15 is 0 Å². The molecule has 2 N–H and O–H groups in total. The molecule has 0 bridgehead atoms. The summed E-state index contributed by atoms with van der Waals surface area (Å²) < 4.78 is 12.2. The zero-order valence-electron chi connectivity index (χ0n) is 17.0. The number of furan rings is 1. The van der Waals surface area contributed by atoms with E-state index in [9.17, 15) is 9.59 Å².